The molecule has 1 atom stereocenters. The van der Waals surface area contributed by atoms with E-state index >= 15 is 0 Å². The summed E-state index contributed by atoms with van der Waals surface area (Å²) in [6.07, 6.45) is 4.92. The topological polar surface area (TPSA) is 30.7 Å². The maximum absolute atomic E-state index is 5.94. The molecular weight excluding hydrogens is 234 g/mol. The van der Waals surface area contributed by atoms with Crippen LogP contribution in [-0.4, -0.2) is 14.8 Å². The first-order valence-corrected chi connectivity index (χ1v) is 7.11. The molecular formula is C13H22ClN3. The average Bonchev–Trinajstić information content (AvgIpc) is 2.82. The van der Waals surface area contributed by atoms with Gasteiger partial charge >= 0.3 is 0 Å². The highest BCUT2D eigenvalue weighted by atomic mass is 35.5. The van der Waals surface area contributed by atoms with Crippen molar-refractivity contribution in [3.8, 4) is 0 Å². The molecule has 1 aliphatic carbocycles. The Kier molecular flexibility index (Phi) is 3.76. The molecule has 0 N–H and O–H groups in total. The van der Waals surface area contributed by atoms with E-state index in [9.17, 15) is 0 Å². The molecule has 0 spiro atoms. The summed E-state index contributed by atoms with van der Waals surface area (Å²) in [5, 5.41) is 8.66. The Morgan fingerprint density at radius 3 is 2.71 bits per heavy atom. The summed E-state index contributed by atoms with van der Waals surface area (Å²) >= 11 is 5.94. The van der Waals surface area contributed by atoms with Crippen molar-refractivity contribution < 1.29 is 0 Å². The van der Waals surface area contributed by atoms with Gasteiger partial charge in [-0.3, -0.25) is 0 Å². The quantitative estimate of drug-likeness (QED) is 0.768. The lowest BCUT2D eigenvalue weighted by atomic mass is 9.81. The summed E-state index contributed by atoms with van der Waals surface area (Å²) in [5.74, 6) is 3.08. The molecule has 0 amide bonds. The molecule has 1 heterocycles. The van der Waals surface area contributed by atoms with Crippen LogP contribution in [0.4, 0.5) is 0 Å². The molecule has 1 unspecified atom stereocenters. The zero-order valence-corrected chi connectivity index (χ0v) is 11.8. The summed E-state index contributed by atoms with van der Waals surface area (Å²) in [4.78, 5) is 0. The second-order valence-corrected chi connectivity index (χ2v) is 5.96. The van der Waals surface area contributed by atoms with Crippen molar-refractivity contribution in [1.29, 1.82) is 0 Å². The largest absolute Gasteiger partial charge is 0.314 e. The Morgan fingerprint density at radius 2 is 2.18 bits per heavy atom. The van der Waals surface area contributed by atoms with E-state index in [0.29, 0.717) is 17.2 Å². The Hall–Kier alpha value is -0.570. The molecule has 0 bridgehead atoms. The smallest absolute Gasteiger partial charge is 0.147 e. The molecule has 96 valence electrons. The predicted molar refractivity (Wildman–Crippen MR) is 70.2 cm³/mol. The van der Waals surface area contributed by atoms with Crippen LogP contribution >= 0.6 is 11.6 Å². The van der Waals surface area contributed by atoms with Crippen LogP contribution in [0.25, 0.3) is 0 Å². The van der Waals surface area contributed by atoms with E-state index in [1.165, 1.54) is 19.3 Å². The number of hydrogen-bond donors (Lipinski definition) is 0. The molecule has 1 fully saturated rings. The normalized spacial score (nSPS) is 23.2. The Morgan fingerprint density at radius 1 is 1.41 bits per heavy atom. The molecule has 0 aromatic carbocycles. The molecule has 0 aliphatic heterocycles. The second kappa shape index (κ2) is 4.97. The van der Waals surface area contributed by atoms with Gasteiger partial charge in [0.25, 0.3) is 0 Å². The fourth-order valence-corrected chi connectivity index (χ4v) is 3.18. The van der Waals surface area contributed by atoms with Crippen molar-refractivity contribution in [3.63, 3.8) is 0 Å². The fraction of sp³-hybridized carbons (Fsp3) is 0.846. The Labute approximate surface area is 109 Å². The van der Waals surface area contributed by atoms with Crippen molar-refractivity contribution >= 4 is 11.6 Å². The van der Waals surface area contributed by atoms with E-state index in [1.807, 2.05) is 0 Å². The van der Waals surface area contributed by atoms with Crippen LogP contribution < -0.4 is 0 Å². The van der Waals surface area contributed by atoms with E-state index in [2.05, 4.69) is 35.5 Å². The first-order chi connectivity index (χ1) is 8.10. The molecule has 1 aromatic rings. The summed E-state index contributed by atoms with van der Waals surface area (Å²) in [6.45, 7) is 7.85. The fourth-order valence-electron chi connectivity index (χ4n) is 2.98. The van der Waals surface area contributed by atoms with Gasteiger partial charge in [0, 0.05) is 12.5 Å². The zero-order chi connectivity index (χ0) is 12.5. The lowest BCUT2D eigenvalue weighted by Gasteiger charge is -2.26. The van der Waals surface area contributed by atoms with Gasteiger partial charge in [0.1, 0.15) is 11.6 Å². The van der Waals surface area contributed by atoms with Crippen molar-refractivity contribution in [1.82, 2.24) is 14.8 Å². The van der Waals surface area contributed by atoms with Gasteiger partial charge in [0.2, 0.25) is 0 Å². The molecule has 3 nitrogen and oxygen atoms in total. The third-order valence-corrected chi connectivity index (χ3v) is 4.23. The van der Waals surface area contributed by atoms with Crippen LogP contribution in [-0.2, 0) is 12.4 Å². The van der Waals surface area contributed by atoms with Crippen molar-refractivity contribution in [2.24, 2.45) is 5.41 Å². The molecule has 17 heavy (non-hydrogen) atoms. The van der Waals surface area contributed by atoms with E-state index in [-0.39, 0.29) is 0 Å². The first kappa shape index (κ1) is 12.9. The maximum atomic E-state index is 5.94. The van der Waals surface area contributed by atoms with Crippen LogP contribution in [0.15, 0.2) is 0 Å². The average molecular weight is 256 g/mol. The highest BCUT2D eigenvalue weighted by Crippen LogP contribution is 2.48. The van der Waals surface area contributed by atoms with Crippen molar-refractivity contribution in [2.75, 3.05) is 0 Å². The molecule has 2 rings (SSSR count). The van der Waals surface area contributed by atoms with Gasteiger partial charge in [-0.2, -0.15) is 0 Å². The molecule has 0 saturated heterocycles. The number of hydrogen-bond acceptors (Lipinski definition) is 2. The van der Waals surface area contributed by atoms with Crippen molar-refractivity contribution in [2.45, 2.75) is 64.8 Å². The van der Waals surface area contributed by atoms with Crippen LogP contribution in [0.1, 0.15) is 64.0 Å². The standard InChI is InChI=1S/C13H22ClN3/c1-4-8-17-11(9-14)15-16-12(17)10-6-5-7-13(10,2)3/h10H,4-9H2,1-3H3. The summed E-state index contributed by atoms with van der Waals surface area (Å²) < 4.78 is 2.24. The summed E-state index contributed by atoms with van der Waals surface area (Å²) in [7, 11) is 0. The van der Waals surface area contributed by atoms with E-state index in [1.54, 1.807) is 0 Å². The van der Waals surface area contributed by atoms with Gasteiger partial charge in [0.05, 0.1) is 5.88 Å². The third kappa shape index (κ3) is 2.35. The van der Waals surface area contributed by atoms with Gasteiger partial charge in [-0.05, 0) is 24.7 Å². The highest BCUT2D eigenvalue weighted by Gasteiger charge is 2.38. The number of aromatic nitrogens is 3. The number of nitrogens with zero attached hydrogens (tertiary/aromatic N) is 3. The lowest BCUT2D eigenvalue weighted by molar-refractivity contribution is 0.313. The van der Waals surface area contributed by atoms with E-state index < -0.39 is 0 Å². The van der Waals surface area contributed by atoms with E-state index in [0.717, 1.165) is 24.6 Å². The number of alkyl halides is 1. The molecule has 1 aromatic heterocycles. The van der Waals surface area contributed by atoms with Crippen LogP contribution in [0.2, 0.25) is 0 Å². The zero-order valence-electron chi connectivity index (χ0n) is 11.0. The minimum Gasteiger partial charge on any atom is -0.314 e. The van der Waals surface area contributed by atoms with Crippen LogP contribution in [0.5, 0.6) is 0 Å². The number of halogens is 1. The predicted octanol–water partition coefficient (Wildman–Crippen LogP) is 3.72. The highest BCUT2D eigenvalue weighted by molar-refractivity contribution is 6.16. The van der Waals surface area contributed by atoms with Crippen molar-refractivity contribution in [3.05, 3.63) is 11.6 Å². The molecule has 1 saturated carbocycles. The lowest BCUT2D eigenvalue weighted by Crippen LogP contribution is -2.20. The van der Waals surface area contributed by atoms with Gasteiger partial charge < -0.3 is 4.57 Å². The molecule has 4 heteroatoms. The minimum absolute atomic E-state index is 0.349. The number of rotatable bonds is 4. The van der Waals surface area contributed by atoms with Crippen LogP contribution in [0, 0.1) is 5.41 Å². The molecule has 0 radical (unpaired) electrons. The monoisotopic (exact) mass is 255 g/mol. The third-order valence-electron chi connectivity index (χ3n) is 3.99. The maximum Gasteiger partial charge on any atom is 0.147 e. The van der Waals surface area contributed by atoms with Gasteiger partial charge in [-0.15, -0.1) is 21.8 Å². The first-order valence-electron chi connectivity index (χ1n) is 6.58. The van der Waals surface area contributed by atoms with E-state index in [4.69, 9.17) is 11.6 Å². The SMILES string of the molecule is CCCn1c(CCl)nnc1C1CCCC1(C)C. The Balaban J connectivity index is 2.34. The molecule has 1 aliphatic rings. The minimum atomic E-state index is 0.349. The summed E-state index contributed by atoms with van der Waals surface area (Å²) in [6, 6.07) is 0. The van der Waals surface area contributed by atoms with Gasteiger partial charge in [0.15, 0.2) is 0 Å². The van der Waals surface area contributed by atoms with Gasteiger partial charge in [-0.1, -0.05) is 27.2 Å². The van der Waals surface area contributed by atoms with Crippen LogP contribution in [0.3, 0.4) is 0 Å². The summed E-state index contributed by atoms with van der Waals surface area (Å²) in [5.41, 5.74) is 0.349. The Bertz CT molecular complexity index is 384. The second-order valence-electron chi connectivity index (χ2n) is 5.69. The van der Waals surface area contributed by atoms with Gasteiger partial charge in [-0.25, -0.2) is 0 Å².